The van der Waals surface area contributed by atoms with Crippen LogP contribution in [0, 0.1) is 0 Å². The van der Waals surface area contributed by atoms with Crippen molar-refractivity contribution < 1.29 is 9.59 Å². The summed E-state index contributed by atoms with van der Waals surface area (Å²) in [6.45, 7) is 0.712. The van der Waals surface area contributed by atoms with Crippen LogP contribution >= 0.6 is 23.2 Å². The smallest absolute Gasteiger partial charge is 0.352 e. The third-order valence-electron chi connectivity index (χ3n) is 5.96. The highest BCUT2D eigenvalue weighted by Crippen LogP contribution is 2.27. The van der Waals surface area contributed by atoms with Crippen LogP contribution in [-0.2, 0) is 0 Å². The summed E-state index contributed by atoms with van der Waals surface area (Å²) in [5, 5.41) is 10.9. The van der Waals surface area contributed by atoms with Crippen LogP contribution in [0.3, 0.4) is 0 Å². The zero-order valence-corrected chi connectivity index (χ0v) is 20.5. The molecular weight excluding hydrogens is 493 g/mol. The fraction of sp³-hybridized carbons (Fsp3) is 0.391. The highest BCUT2D eigenvalue weighted by molar-refractivity contribution is 6.37. The number of tetrazole rings is 1. The van der Waals surface area contributed by atoms with Crippen LogP contribution in [0.25, 0.3) is 5.69 Å². The van der Waals surface area contributed by atoms with E-state index in [0.717, 1.165) is 41.5 Å². The predicted octanol–water partition coefficient (Wildman–Crippen LogP) is 3.55. The molecule has 0 spiro atoms. The van der Waals surface area contributed by atoms with Crippen LogP contribution in [0.5, 0.6) is 0 Å². The molecule has 0 bridgehead atoms. The van der Waals surface area contributed by atoms with Crippen molar-refractivity contribution in [2.75, 3.05) is 13.1 Å². The second-order valence-electron chi connectivity index (χ2n) is 8.27. The Morgan fingerprint density at radius 2 is 1.80 bits per heavy atom. The number of hydrogen-bond donors (Lipinski definition) is 1. The minimum absolute atomic E-state index is 0.0220. The first kappa shape index (κ1) is 24.9. The highest BCUT2D eigenvalue weighted by atomic mass is 35.5. The van der Waals surface area contributed by atoms with Crippen molar-refractivity contribution >= 4 is 35.1 Å². The number of carbonyl (C=O) groups is 2. The normalized spacial score (nSPS) is 14.0. The van der Waals surface area contributed by atoms with Crippen LogP contribution in [0.1, 0.15) is 48.9 Å². The molecule has 0 unspecified atom stereocenters. The van der Waals surface area contributed by atoms with Crippen molar-refractivity contribution in [3.8, 4) is 5.69 Å². The Bertz CT molecular complexity index is 1220. The van der Waals surface area contributed by atoms with Crippen molar-refractivity contribution in [3.63, 3.8) is 0 Å². The Morgan fingerprint density at radius 3 is 2.49 bits per heavy atom. The Balaban J connectivity index is 1.49. The van der Waals surface area contributed by atoms with Gasteiger partial charge in [0.2, 0.25) is 0 Å². The number of carbonyl (C=O) groups excluding carboxylic acids is 2. The van der Waals surface area contributed by atoms with Gasteiger partial charge in [0.25, 0.3) is 5.91 Å². The van der Waals surface area contributed by atoms with Gasteiger partial charge in [0.15, 0.2) is 0 Å². The second kappa shape index (κ2) is 11.5. The van der Waals surface area contributed by atoms with E-state index in [4.69, 9.17) is 23.2 Å². The Hall–Kier alpha value is -3.24. The average molecular weight is 518 g/mol. The molecule has 12 heteroatoms. The van der Waals surface area contributed by atoms with Crippen LogP contribution in [-0.4, -0.2) is 60.7 Å². The van der Waals surface area contributed by atoms with E-state index in [9.17, 15) is 14.4 Å². The molecule has 35 heavy (non-hydrogen) atoms. The van der Waals surface area contributed by atoms with Crippen LogP contribution < -0.4 is 11.0 Å². The third kappa shape index (κ3) is 5.71. The lowest BCUT2D eigenvalue weighted by molar-refractivity contribution is 0.0950. The number of nitrogens with zero attached hydrogens (tertiary/aromatic N) is 6. The van der Waals surface area contributed by atoms with Crippen LogP contribution in [0.4, 0.5) is 4.79 Å². The number of nitrogens with one attached hydrogen (secondary N) is 1. The molecule has 0 aliphatic heterocycles. The minimum Gasteiger partial charge on any atom is -0.352 e. The monoisotopic (exact) mass is 517 g/mol. The SMILES string of the molecule is O=C(NCCCN(C(=O)n1nnn(-c2c(Cl)cccc2Cl)c1=O)C1CCCCC1)c1cccnc1. The number of rotatable bonds is 7. The fourth-order valence-corrected chi connectivity index (χ4v) is 4.75. The molecule has 4 rings (SSSR count). The number of hydrogen-bond acceptors (Lipinski definition) is 6. The van der Waals surface area contributed by atoms with Gasteiger partial charge < -0.3 is 10.2 Å². The topological polar surface area (TPSA) is 115 Å². The van der Waals surface area contributed by atoms with Gasteiger partial charge in [-0.3, -0.25) is 9.78 Å². The van der Waals surface area contributed by atoms with E-state index in [-0.39, 0.29) is 27.7 Å². The Labute approximate surface area is 211 Å². The van der Waals surface area contributed by atoms with Crippen molar-refractivity contribution in [2.24, 2.45) is 0 Å². The Morgan fingerprint density at radius 1 is 1.06 bits per heavy atom. The minimum atomic E-state index is -0.754. The predicted molar refractivity (Wildman–Crippen MR) is 131 cm³/mol. The van der Waals surface area contributed by atoms with E-state index in [1.54, 1.807) is 41.4 Å². The van der Waals surface area contributed by atoms with Gasteiger partial charge in [0.05, 0.1) is 15.6 Å². The van der Waals surface area contributed by atoms with E-state index >= 15 is 0 Å². The van der Waals surface area contributed by atoms with E-state index in [1.165, 1.54) is 6.20 Å². The van der Waals surface area contributed by atoms with Gasteiger partial charge in [-0.25, -0.2) is 9.59 Å². The molecule has 0 saturated heterocycles. The summed E-state index contributed by atoms with van der Waals surface area (Å²) in [4.78, 5) is 44.4. The van der Waals surface area contributed by atoms with Gasteiger partial charge in [-0.1, -0.05) is 48.5 Å². The molecule has 1 aliphatic carbocycles. The zero-order valence-electron chi connectivity index (χ0n) is 18.9. The lowest BCUT2D eigenvalue weighted by Crippen LogP contribution is -2.48. The molecular formula is C23H25Cl2N7O3. The van der Waals surface area contributed by atoms with E-state index in [0.29, 0.717) is 25.1 Å². The maximum Gasteiger partial charge on any atom is 0.377 e. The van der Waals surface area contributed by atoms with Gasteiger partial charge in [0.1, 0.15) is 5.69 Å². The Kier molecular flexibility index (Phi) is 8.14. The summed E-state index contributed by atoms with van der Waals surface area (Å²) in [7, 11) is 0. The first-order valence-corrected chi connectivity index (χ1v) is 12.2. The number of aromatic nitrogens is 5. The molecule has 0 radical (unpaired) electrons. The summed E-state index contributed by atoms with van der Waals surface area (Å²) in [6, 6.07) is 7.59. The molecule has 1 aliphatic rings. The van der Waals surface area contributed by atoms with Crippen molar-refractivity contribution in [1.82, 2.24) is 35.0 Å². The number of para-hydroxylation sites is 1. The molecule has 0 atom stereocenters. The molecule has 1 fully saturated rings. The first-order valence-electron chi connectivity index (χ1n) is 11.5. The maximum absolute atomic E-state index is 13.4. The molecule has 3 aromatic rings. The summed E-state index contributed by atoms with van der Waals surface area (Å²) < 4.78 is 1.66. The number of pyridine rings is 1. The van der Waals surface area contributed by atoms with E-state index in [2.05, 4.69) is 20.7 Å². The van der Waals surface area contributed by atoms with E-state index < -0.39 is 11.7 Å². The van der Waals surface area contributed by atoms with Crippen molar-refractivity contribution in [2.45, 2.75) is 44.6 Å². The summed E-state index contributed by atoms with van der Waals surface area (Å²) >= 11 is 12.4. The van der Waals surface area contributed by atoms with Crippen molar-refractivity contribution in [1.29, 1.82) is 0 Å². The number of halogens is 2. The standard InChI is InChI=1S/C23H25Cl2N7O3/c24-18-10-4-11-19(25)20(18)31-23(35)32(29-28-31)22(34)30(17-8-2-1-3-9-17)14-6-13-27-21(33)16-7-5-12-26-15-16/h4-5,7,10-12,15,17H,1-3,6,8-9,13-14H2,(H,27,33). The van der Waals surface area contributed by atoms with Gasteiger partial charge in [-0.2, -0.15) is 4.68 Å². The molecule has 10 nitrogen and oxygen atoms in total. The molecule has 2 aromatic heterocycles. The van der Waals surface area contributed by atoms with E-state index in [1.807, 2.05) is 0 Å². The fourth-order valence-electron chi connectivity index (χ4n) is 4.20. The molecule has 1 N–H and O–H groups in total. The first-order chi connectivity index (χ1) is 17.0. The van der Waals surface area contributed by atoms with Gasteiger partial charge in [-0.15, -0.1) is 4.68 Å². The number of benzene rings is 1. The van der Waals surface area contributed by atoms with Crippen molar-refractivity contribution in [3.05, 3.63) is 68.8 Å². The summed E-state index contributed by atoms with van der Waals surface area (Å²) in [5.74, 6) is -0.232. The van der Waals surface area contributed by atoms with Crippen LogP contribution in [0.2, 0.25) is 10.0 Å². The lowest BCUT2D eigenvalue weighted by atomic mass is 9.94. The highest BCUT2D eigenvalue weighted by Gasteiger charge is 2.29. The molecule has 2 amide bonds. The van der Waals surface area contributed by atoms with Gasteiger partial charge in [-0.05, 0) is 54.0 Å². The quantitative estimate of drug-likeness (QED) is 0.378. The molecule has 2 heterocycles. The molecule has 184 valence electrons. The number of amides is 2. The zero-order chi connectivity index (χ0) is 24.8. The maximum atomic E-state index is 13.4. The summed E-state index contributed by atoms with van der Waals surface area (Å²) in [5.41, 5.74) is -0.119. The summed E-state index contributed by atoms with van der Waals surface area (Å²) in [6.07, 6.45) is 8.40. The molecule has 1 aromatic carbocycles. The molecule has 1 saturated carbocycles. The largest absolute Gasteiger partial charge is 0.377 e. The van der Waals surface area contributed by atoms with Gasteiger partial charge >= 0.3 is 11.7 Å². The van der Waals surface area contributed by atoms with Crippen LogP contribution in [0.15, 0.2) is 47.5 Å². The second-order valence-corrected chi connectivity index (χ2v) is 9.09. The lowest BCUT2D eigenvalue weighted by Gasteiger charge is -2.33. The third-order valence-corrected chi connectivity index (χ3v) is 6.57. The average Bonchev–Trinajstić information content (AvgIpc) is 3.25. The van der Waals surface area contributed by atoms with Gasteiger partial charge in [0, 0.05) is 31.5 Å².